The minimum absolute atomic E-state index is 0.00234. The Kier molecular flexibility index (Phi) is 9.04. The number of hydrogen-bond donors (Lipinski definition) is 0. The van der Waals surface area contributed by atoms with Crippen LogP contribution in [0.4, 0.5) is 0 Å². The molecule has 0 unspecified atom stereocenters. The fourth-order valence-corrected chi connectivity index (χ4v) is 4.05. The van der Waals surface area contributed by atoms with Crippen LogP contribution >= 0.6 is 0 Å². The molecule has 0 amide bonds. The van der Waals surface area contributed by atoms with Gasteiger partial charge in [-0.3, -0.25) is 4.79 Å². The highest BCUT2D eigenvalue weighted by atomic mass is 28.4. The van der Waals surface area contributed by atoms with Crippen LogP contribution in [0.25, 0.3) is 0 Å². The van der Waals surface area contributed by atoms with Crippen LogP contribution in [0, 0.1) is 0 Å². The molecule has 0 bridgehead atoms. The van der Waals surface area contributed by atoms with Gasteiger partial charge in [-0.15, -0.1) is 0 Å². The van der Waals surface area contributed by atoms with E-state index < -0.39 is 8.32 Å². The molecule has 0 fully saturated rings. The van der Waals surface area contributed by atoms with Crippen molar-refractivity contribution in [2.24, 2.45) is 0 Å². The molecule has 0 N–H and O–H groups in total. The molecule has 0 aliphatic rings. The van der Waals surface area contributed by atoms with Crippen LogP contribution < -0.4 is 0 Å². The van der Waals surface area contributed by atoms with E-state index in [1.807, 2.05) is 31.3 Å². The molecular weight excluding hydrogens is 296 g/mol. The van der Waals surface area contributed by atoms with E-state index in [1.54, 1.807) is 0 Å². The lowest BCUT2D eigenvalue weighted by Gasteiger charge is -2.22. The van der Waals surface area contributed by atoms with Gasteiger partial charge in [0.2, 0.25) is 0 Å². The second-order valence-corrected chi connectivity index (χ2v) is 9.99. The molecule has 0 aliphatic heterocycles. The van der Waals surface area contributed by atoms with Gasteiger partial charge in [0.05, 0.1) is 13.2 Å². The van der Waals surface area contributed by atoms with Crippen molar-refractivity contribution in [1.29, 1.82) is 0 Å². The quantitative estimate of drug-likeness (QED) is 0.462. The lowest BCUT2D eigenvalue weighted by molar-refractivity contribution is -0.140. The summed E-state index contributed by atoms with van der Waals surface area (Å²) in [5, 5.41) is 0. The maximum atomic E-state index is 11.8. The number of carbonyl (C=O) groups excluding carboxylic acids is 1. The summed E-state index contributed by atoms with van der Waals surface area (Å²) in [6.07, 6.45) is 2.18. The summed E-state index contributed by atoms with van der Waals surface area (Å²) in [6, 6.07) is 10.9. The van der Waals surface area contributed by atoms with Crippen molar-refractivity contribution in [3.05, 3.63) is 35.9 Å². The normalized spacial score (nSPS) is 11.4. The maximum absolute atomic E-state index is 11.8. The molecule has 0 aromatic heterocycles. The molecular formula is C17H28O4Si. The van der Waals surface area contributed by atoms with Gasteiger partial charge in [-0.05, 0) is 25.1 Å². The SMILES string of the molecule is CCCCOCCOCC(=O)O[Si](C)(C)Cc1ccccc1. The summed E-state index contributed by atoms with van der Waals surface area (Å²) in [5.41, 5.74) is 1.21. The van der Waals surface area contributed by atoms with Crippen LogP contribution in [-0.2, 0) is 24.7 Å². The third-order valence-electron chi connectivity index (χ3n) is 3.10. The van der Waals surface area contributed by atoms with Gasteiger partial charge in [-0.25, -0.2) is 0 Å². The molecule has 1 aromatic carbocycles. The van der Waals surface area contributed by atoms with E-state index in [0.717, 1.165) is 25.5 Å². The first-order valence-electron chi connectivity index (χ1n) is 7.95. The number of unbranched alkanes of at least 4 members (excludes halogenated alkanes) is 1. The Morgan fingerprint density at radius 3 is 2.41 bits per heavy atom. The zero-order valence-corrected chi connectivity index (χ0v) is 15.0. The van der Waals surface area contributed by atoms with Gasteiger partial charge in [0.25, 0.3) is 8.32 Å². The van der Waals surface area contributed by atoms with Crippen molar-refractivity contribution in [2.45, 2.75) is 38.9 Å². The lowest BCUT2D eigenvalue weighted by atomic mass is 10.2. The van der Waals surface area contributed by atoms with Gasteiger partial charge < -0.3 is 13.9 Å². The first kappa shape index (κ1) is 18.9. The van der Waals surface area contributed by atoms with E-state index >= 15 is 0 Å². The minimum atomic E-state index is -2.05. The second kappa shape index (κ2) is 10.5. The Hall–Kier alpha value is -1.17. The molecule has 1 rings (SSSR count). The van der Waals surface area contributed by atoms with Crippen molar-refractivity contribution in [1.82, 2.24) is 0 Å². The van der Waals surface area contributed by atoms with E-state index in [1.165, 1.54) is 5.56 Å². The van der Waals surface area contributed by atoms with Crippen molar-refractivity contribution in [3.8, 4) is 0 Å². The summed E-state index contributed by atoms with van der Waals surface area (Å²) < 4.78 is 16.3. The summed E-state index contributed by atoms with van der Waals surface area (Å²) in [4.78, 5) is 11.8. The largest absolute Gasteiger partial charge is 0.518 e. The Balaban J connectivity index is 2.17. The standard InChI is InChI=1S/C17H28O4Si/c1-4-5-11-19-12-13-20-14-17(18)21-22(2,3)15-16-9-7-6-8-10-16/h6-10H,4-5,11-15H2,1-3H3. The van der Waals surface area contributed by atoms with Gasteiger partial charge in [-0.1, -0.05) is 43.7 Å². The highest BCUT2D eigenvalue weighted by Crippen LogP contribution is 2.13. The predicted molar refractivity (Wildman–Crippen MR) is 90.3 cm³/mol. The van der Waals surface area contributed by atoms with E-state index in [4.69, 9.17) is 13.9 Å². The minimum Gasteiger partial charge on any atom is -0.518 e. The van der Waals surface area contributed by atoms with Crippen molar-refractivity contribution >= 4 is 14.3 Å². The number of carbonyl (C=O) groups is 1. The lowest BCUT2D eigenvalue weighted by Crippen LogP contribution is -2.37. The first-order valence-corrected chi connectivity index (χ1v) is 11.1. The Labute approximate surface area is 134 Å². The summed E-state index contributed by atoms with van der Waals surface area (Å²) in [5.74, 6) is -0.277. The van der Waals surface area contributed by atoms with Gasteiger partial charge in [0.15, 0.2) is 0 Å². The average molecular weight is 324 g/mol. The van der Waals surface area contributed by atoms with Crippen molar-refractivity contribution in [2.75, 3.05) is 26.4 Å². The molecule has 0 atom stereocenters. The van der Waals surface area contributed by atoms with Gasteiger partial charge in [-0.2, -0.15) is 0 Å². The van der Waals surface area contributed by atoms with Gasteiger partial charge >= 0.3 is 5.97 Å². The van der Waals surface area contributed by atoms with Crippen LogP contribution in [0.1, 0.15) is 25.3 Å². The Bertz CT molecular complexity index is 420. The van der Waals surface area contributed by atoms with Crippen LogP contribution in [-0.4, -0.2) is 40.7 Å². The highest BCUT2D eigenvalue weighted by Gasteiger charge is 2.27. The second-order valence-electron chi connectivity index (χ2n) is 5.91. The molecule has 4 nitrogen and oxygen atoms in total. The third kappa shape index (κ3) is 8.97. The fourth-order valence-electron chi connectivity index (χ4n) is 2.08. The number of rotatable bonds is 11. The number of ether oxygens (including phenoxy) is 2. The smallest absolute Gasteiger partial charge is 0.318 e. The average Bonchev–Trinajstić information content (AvgIpc) is 2.46. The van der Waals surface area contributed by atoms with Gasteiger partial charge in [0, 0.05) is 12.7 Å². The molecule has 0 saturated heterocycles. The zero-order valence-electron chi connectivity index (χ0n) is 14.0. The maximum Gasteiger partial charge on any atom is 0.318 e. The van der Waals surface area contributed by atoms with Crippen LogP contribution in [0.5, 0.6) is 0 Å². The van der Waals surface area contributed by atoms with Crippen LogP contribution in [0.2, 0.25) is 13.1 Å². The molecule has 22 heavy (non-hydrogen) atoms. The third-order valence-corrected chi connectivity index (χ3v) is 5.14. The molecule has 5 heteroatoms. The molecule has 124 valence electrons. The van der Waals surface area contributed by atoms with E-state index in [2.05, 4.69) is 19.1 Å². The van der Waals surface area contributed by atoms with Gasteiger partial charge in [0.1, 0.15) is 6.61 Å². The Morgan fingerprint density at radius 2 is 1.73 bits per heavy atom. The van der Waals surface area contributed by atoms with Crippen molar-refractivity contribution in [3.63, 3.8) is 0 Å². The summed E-state index contributed by atoms with van der Waals surface area (Å²) in [6.45, 7) is 7.93. The van der Waals surface area contributed by atoms with Crippen molar-refractivity contribution < 1.29 is 18.7 Å². The molecule has 0 spiro atoms. The zero-order chi connectivity index (χ0) is 16.3. The molecule has 0 aliphatic carbocycles. The van der Waals surface area contributed by atoms with Crippen LogP contribution in [0.15, 0.2) is 30.3 Å². The van der Waals surface area contributed by atoms with E-state index in [0.29, 0.717) is 13.2 Å². The van der Waals surface area contributed by atoms with E-state index in [9.17, 15) is 4.79 Å². The summed E-state index contributed by atoms with van der Waals surface area (Å²) >= 11 is 0. The predicted octanol–water partition coefficient (Wildman–Crippen LogP) is 3.35. The number of benzene rings is 1. The molecule has 0 heterocycles. The molecule has 1 aromatic rings. The summed E-state index contributed by atoms with van der Waals surface area (Å²) in [7, 11) is -2.05. The monoisotopic (exact) mass is 324 g/mol. The van der Waals surface area contributed by atoms with Crippen LogP contribution in [0.3, 0.4) is 0 Å². The van der Waals surface area contributed by atoms with E-state index in [-0.39, 0.29) is 12.6 Å². The topological polar surface area (TPSA) is 44.8 Å². The number of hydrogen-bond acceptors (Lipinski definition) is 4. The first-order chi connectivity index (χ1) is 10.5. The highest BCUT2D eigenvalue weighted by molar-refractivity contribution is 6.72. The molecule has 0 saturated carbocycles. The molecule has 0 radical (unpaired) electrons. The Morgan fingerprint density at radius 1 is 1.05 bits per heavy atom. The fraction of sp³-hybridized carbons (Fsp3) is 0.588.